The van der Waals surface area contributed by atoms with Crippen LogP contribution in [0.3, 0.4) is 0 Å². The Bertz CT molecular complexity index is 989. The van der Waals surface area contributed by atoms with Gasteiger partial charge in [0.25, 0.3) is 6.47 Å². The zero-order valence-corrected chi connectivity index (χ0v) is 17.0. The summed E-state index contributed by atoms with van der Waals surface area (Å²) < 4.78 is 11.1. The number of carboxylic acid groups (broad SMARTS) is 1. The summed E-state index contributed by atoms with van der Waals surface area (Å²) in [5, 5.41) is 8.01. The molecular weight excluding hydrogens is 368 g/mol. The van der Waals surface area contributed by atoms with Crippen molar-refractivity contribution in [1.82, 2.24) is 4.98 Å². The highest BCUT2D eigenvalue weighted by molar-refractivity contribution is 5.99. The number of anilines is 1. The molecule has 0 radical (unpaired) electrons. The average molecular weight is 394 g/mol. The highest BCUT2D eigenvalue weighted by Crippen LogP contribution is 2.41. The molecule has 3 aromatic rings. The van der Waals surface area contributed by atoms with E-state index in [0.717, 1.165) is 54.0 Å². The number of benzene rings is 2. The number of aromatic nitrogens is 1. The van der Waals surface area contributed by atoms with Crippen LogP contribution in [0, 0.1) is 6.92 Å². The first-order chi connectivity index (χ1) is 14.1. The Balaban J connectivity index is 0.000000755. The predicted molar refractivity (Wildman–Crippen MR) is 114 cm³/mol. The molecule has 4 rings (SSSR count). The van der Waals surface area contributed by atoms with Crippen LogP contribution in [0.5, 0.6) is 11.5 Å². The van der Waals surface area contributed by atoms with Crippen molar-refractivity contribution in [1.29, 1.82) is 0 Å². The van der Waals surface area contributed by atoms with E-state index in [9.17, 15) is 0 Å². The van der Waals surface area contributed by atoms with E-state index in [1.165, 1.54) is 16.8 Å². The lowest BCUT2D eigenvalue weighted by atomic mass is 10.1. The molecule has 1 aromatic heterocycles. The minimum absolute atomic E-state index is 0.250. The van der Waals surface area contributed by atoms with Crippen molar-refractivity contribution in [3.63, 3.8) is 0 Å². The second kappa shape index (κ2) is 9.28. The second-order valence-electron chi connectivity index (χ2n) is 6.83. The number of hydrogen-bond acceptors (Lipinski definition) is 5. The van der Waals surface area contributed by atoms with Crippen LogP contribution < -0.4 is 14.4 Å². The van der Waals surface area contributed by atoms with Crippen molar-refractivity contribution < 1.29 is 19.4 Å². The second-order valence-corrected chi connectivity index (χ2v) is 6.83. The Hall–Kier alpha value is -3.28. The number of rotatable bonds is 5. The highest BCUT2D eigenvalue weighted by Gasteiger charge is 2.26. The molecule has 2 aromatic carbocycles. The standard InChI is InChI=1S/C22H24N2O2.CH2O2/c1-15-18-10-12-24(11-9-16-7-5-4-6-8-16)22(18)19-13-17(25-2)14-20(26-3)21(19)23-15;2-1-3/h4-8,13-14H,9-12H2,1-3H3;1H,(H,2,3). The summed E-state index contributed by atoms with van der Waals surface area (Å²) in [6, 6.07) is 14.7. The molecule has 1 N–H and O–H groups in total. The molecule has 6 nitrogen and oxygen atoms in total. The van der Waals surface area contributed by atoms with Gasteiger partial charge in [-0.3, -0.25) is 4.79 Å². The maximum atomic E-state index is 8.36. The molecular formula is C23H26N2O4. The number of aryl methyl sites for hydroxylation is 1. The van der Waals surface area contributed by atoms with Gasteiger partial charge in [0.1, 0.15) is 17.0 Å². The molecule has 0 saturated carbocycles. The predicted octanol–water partition coefficient (Wildman–Crippen LogP) is 3.87. The summed E-state index contributed by atoms with van der Waals surface area (Å²) >= 11 is 0. The molecule has 0 amide bonds. The summed E-state index contributed by atoms with van der Waals surface area (Å²) in [5.74, 6) is 1.57. The number of ether oxygens (including phenoxy) is 2. The molecule has 2 heterocycles. The van der Waals surface area contributed by atoms with Crippen LogP contribution in [-0.2, 0) is 17.6 Å². The maximum absolute atomic E-state index is 8.36. The Morgan fingerprint density at radius 1 is 1.17 bits per heavy atom. The van der Waals surface area contributed by atoms with Crippen molar-refractivity contribution in [3.8, 4) is 11.5 Å². The van der Waals surface area contributed by atoms with Crippen molar-refractivity contribution in [2.24, 2.45) is 0 Å². The first kappa shape index (κ1) is 20.5. The Kier molecular flexibility index (Phi) is 6.54. The van der Waals surface area contributed by atoms with Gasteiger partial charge in [0.2, 0.25) is 0 Å². The van der Waals surface area contributed by atoms with Gasteiger partial charge in [-0.1, -0.05) is 30.3 Å². The Morgan fingerprint density at radius 2 is 1.90 bits per heavy atom. The van der Waals surface area contributed by atoms with Crippen LogP contribution in [0.4, 0.5) is 5.69 Å². The van der Waals surface area contributed by atoms with Gasteiger partial charge in [-0.2, -0.15) is 0 Å². The lowest BCUT2D eigenvalue weighted by Gasteiger charge is -2.22. The molecule has 1 aliphatic heterocycles. The van der Waals surface area contributed by atoms with Gasteiger partial charge in [0.15, 0.2) is 0 Å². The lowest BCUT2D eigenvalue weighted by Crippen LogP contribution is -2.23. The van der Waals surface area contributed by atoms with Crippen LogP contribution in [0.15, 0.2) is 42.5 Å². The van der Waals surface area contributed by atoms with Gasteiger partial charge in [-0.15, -0.1) is 0 Å². The van der Waals surface area contributed by atoms with Gasteiger partial charge in [-0.25, -0.2) is 4.98 Å². The minimum atomic E-state index is -0.250. The molecule has 6 heteroatoms. The molecule has 1 aliphatic rings. The van der Waals surface area contributed by atoms with Crippen molar-refractivity contribution in [3.05, 3.63) is 59.3 Å². The van der Waals surface area contributed by atoms with E-state index in [1.807, 2.05) is 6.07 Å². The van der Waals surface area contributed by atoms with E-state index in [2.05, 4.69) is 48.2 Å². The quantitative estimate of drug-likeness (QED) is 0.663. The largest absolute Gasteiger partial charge is 0.497 e. The molecule has 152 valence electrons. The van der Waals surface area contributed by atoms with Gasteiger partial charge >= 0.3 is 0 Å². The van der Waals surface area contributed by atoms with Crippen LogP contribution in [0.1, 0.15) is 16.8 Å². The van der Waals surface area contributed by atoms with Crippen LogP contribution in [0.25, 0.3) is 10.9 Å². The fraction of sp³-hybridized carbons (Fsp3) is 0.304. The zero-order chi connectivity index (χ0) is 20.8. The van der Waals surface area contributed by atoms with Crippen LogP contribution in [-0.4, -0.2) is 43.9 Å². The highest BCUT2D eigenvalue weighted by atomic mass is 16.5. The first-order valence-electron chi connectivity index (χ1n) is 9.54. The topological polar surface area (TPSA) is 71.9 Å². The number of nitrogens with zero attached hydrogens (tertiary/aromatic N) is 2. The monoisotopic (exact) mass is 394 g/mol. The summed E-state index contributed by atoms with van der Waals surface area (Å²) in [6.07, 6.45) is 2.07. The lowest BCUT2D eigenvalue weighted by molar-refractivity contribution is -0.122. The number of hydrogen-bond donors (Lipinski definition) is 1. The van der Waals surface area contributed by atoms with Crippen LogP contribution in [0.2, 0.25) is 0 Å². The van der Waals surface area contributed by atoms with E-state index in [4.69, 9.17) is 24.4 Å². The third-order valence-corrected chi connectivity index (χ3v) is 5.22. The molecule has 0 unspecified atom stereocenters. The summed E-state index contributed by atoms with van der Waals surface area (Å²) in [6.45, 7) is 3.88. The van der Waals surface area contributed by atoms with E-state index in [1.54, 1.807) is 14.2 Å². The molecule has 0 atom stereocenters. The average Bonchev–Trinajstić information content (AvgIpc) is 3.18. The van der Waals surface area contributed by atoms with Gasteiger partial charge in [0, 0.05) is 30.2 Å². The van der Waals surface area contributed by atoms with E-state index in [-0.39, 0.29) is 6.47 Å². The van der Waals surface area contributed by atoms with Crippen molar-refractivity contribution >= 4 is 23.1 Å². The van der Waals surface area contributed by atoms with Gasteiger partial charge in [-0.05, 0) is 37.0 Å². The van der Waals surface area contributed by atoms with Crippen LogP contribution >= 0.6 is 0 Å². The van der Waals surface area contributed by atoms with E-state index in [0.29, 0.717) is 0 Å². The van der Waals surface area contributed by atoms with Gasteiger partial charge in [0.05, 0.1) is 19.9 Å². The van der Waals surface area contributed by atoms with Gasteiger partial charge < -0.3 is 19.5 Å². The normalized spacial score (nSPS) is 12.2. The number of methoxy groups -OCH3 is 2. The van der Waals surface area contributed by atoms with E-state index < -0.39 is 0 Å². The first-order valence-corrected chi connectivity index (χ1v) is 9.54. The molecule has 0 bridgehead atoms. The summed E-state index contributed by atoms with van der Waals surface area (Å²) in [4.78, 5) is 15.7. The maximum Gasteiger partial charge on any atom is 0.290 e. The molecule has 0 saturated heterocycles. The molecule has 0 spiro atoms. The Morgan fingerprint density at radius 3 is 2.55 bits per heavy atom. The third-order valence-electron chi connectivity index (χ3n) is 5.22. The summed E-state index contributed by atoms with van der Waals surface area (Å²) in [5.41, 5.74) is 6.02. The number of pyridine rings is 1. The van der Waals surface area contributed by atoms with E-state index >= 15 is 0 Å². The third kappa shape index (κ3) is 4.26. The fourth-order valence-electron chi connectivity index (χ4n) is 3.87. The smallest absolute Gasteiger partial charge is 0.290 e. The summed E-state index contributed by atoms with van der Waals surface area (Å²) in [7, 11) is 3.38. The fourth-order valence-corrected chi connectivity index (χ4v) is 3.87. The minimum Gasteiger partial charge on any atom is -0.497 e. The Labute approximate surface area is 170 Å². The van der Waals surface area contributed by atoms with Crippen molar-refractivity contribution in [2.45, 2.75) is 19.8 Å². The SMILES string of the molecule is COc1cc(OC)c2nc(C)c3c(c2c1)N(CCc1ccccc1)CC3.O=CO. The molecule has 0 fully saturated rings. The number of carbonyl (C=O) groups is 1. The molecule has 29 heavy (non-hydrogen) atoms. The zero-order valence-electron chi connectivity index (χ0n) is 17.0. The number of fused-ring (bicyclic) bond motifs is 3. The molecule has 0 aliphatic carbocycles. The van der Waals surface area contributed by atoms with Crippen molar-refractivity contribution in [2.75, 3.05) is 32.2 Å².